The van der Waals surface area contributed by atoms with Gasteiger partial charge in [-0.1, -0.05) is 19.9 Å². The maximum Gasteiger partial charge on any atom is 0.187 e. The highest BCUT2D eigenvalue weighted by atomic mass is 31.1. The van der Waals surface area contributed by atoms with E-state index in [1.54, 1.807) is 0 Å². The monoisotopic (exact) mass is 116 g/mol. The van der Waals surface area contributed by atoms with Gasteiger partial charge in [-0.2, -0.15) is 0 Å². The molecule has 0 atom stereocenters. The van der Waals surface area contributed by atoms with Crippen LogP contribution in [0, 0.1) is 0 Å². The summed E-state index contributed by atoms with van der Waals surface area (Å²) in [6, 6.07) is 0. The van der Waals surface area contributed by atoms with Crippen LogP contribution < -0.4 is 0 Å². The average Bonchev–Trinajstić information content (AvgIpc) is 1.68. The highest BCUT2D eigenvalue weighted by Crippen LogP contribution is 2.13. The second-order valence-corrected chi connectivity index (χ2v) is 2.22. The molecular formula is C5H9OP. The zero-order valence-electron chi connectivity index (χ0n) is 4.48. The lowest BCUT2D eigenvalue weighted by Gasteiger charge is -1.84. The van der Waals surface area contributed by atoms with Gasteiger partial charge in [0.15, 0.2) is 8.46 Å². The highest BCUT2D eigenvalue weighted by Gasteiger charge is 1.85. The Balaban J connectivity index is 3.17. The first-order valence-electron chi connectivity index (χ1n) is 2.32. The van der Waals surface area contributed by atoms with Crippen molar-refractivity contribution in [2.75, 3.05) is 0 Å². The SMILES string of the molecule is C=C(CCC)P=O. The van der Waals surface area contributed by atoms with Crippen molar-refractivity contribution in [2.24, 2.45) is 0 Å². The summed E-state index contributed by atoms with van der Waals surface area (Å²) in [6.07, 6.45) is 1.92. The molecule has 0 aromatic carbocycles. The molecule has 0 rings (SSSR count). The summed E-state index contributed by atoms with van der Waals surface area (Å²) in [7, 11) is 0.0994. The molecule has 0 aliphatic rings. The molecule has 0 bridgehead atoms. The van der Waals surface area contributed by atoms with Gasteiger partial charge in [-0.15, -0.1) is 0 Å². The van der Waals surface area contributed by atoms with Crippen LogP contribution in [0.4, 0.5) is 0 Å². The summed E-state index contributed by atoms with van der Waals surface area (Å²) in [5.41, 5.74) is 0. The van der Waals surface area contributed by atoms with Crippen LogP contribution in [-0.2, 0) is 4.57 Å². The molecule has 0 spiro atoms. The largest absolute Gasteiger partial charge is 0.270 e. The van der Waals surface area contributed by atoms with Crippen molar-refractivity contribution in [3.8, 4) is 0 Å². The van der Waals surface area contributed by atoms with Gasteiger partial charge in [0.1, 0.15) is 0 Å². The van der Waals surface area contributed by atoms with Crippen LogP contribution in [0.25, 0.3) is 0 Å². The molecule has 0 unspecified atom stereocenters. The minimum Gasteiger partial charge on any atom is -0.270 e. The van der Waals surface area contributed by atoms with Crippen LogP contribution >= 0.6 is 8.46 Å². The van der Waals surface area contributed by atoms with E-state index in [1.807, 2.05) is 6.92 Å². The summed E-state index contributed by atoms with van der Waals surface area (Å²) in [5, 5.41) is 0.794. The maximum atomic E-state index is 9.89. The summed E-state index contributed by atoms with van der Waals surface area (Å²) in [6.45, 7) is 5.58. The van der Waals surface area contributed by atoms with Crippen LogP contribution in [0.15, 0.2) is 11.9 Å². The fourth-order valence-electron chi connectivity index (χ4n) is 0.334. The smallest absolute Gasteiger partial charge is 0.187 e. The fraction of sp³-hybridized carbons (Fsp3) is 0.600. The highest BCUT2D eigenvalue weighted by molar-refractivity contribution is 7.29. The van der Waals surface area contributed by atoms with Crippen LogP contribution in [0.1, 0.15) is 19.8 Å². The lowest BCUT2D eigenvalue weighted by Crippen LogP contribution is -1.63. The van der Waals surface area contributed by atoms with Crippen molar-refractivity contribution in [1.29, 1.82) is 0 Å². The van der Waals surface area contributed by atoms with Crippen LogP contribution in [-0.4, -0.2) is 0 Å². The molecule has 0 aromatic heterocycles. The predicted molar refractivity (Wildman–Crippen MR) is 31.7 cm³/mol. The Kier molecular flexibility index (Phi) is 3.92. The van der Waals surface area contributed by atoms with Crippen molar-refractivity contribution in [3.05, 3.63) is 11.9 Å². The Bertz CT molecular complexity index is 78.1. The van der Waals surface area contributed by atoms with Crippen molar-refractivity contribution >= 4 is 8.46 Å². The van der Waals surface area contributed by atoms with E-state index in [9.17, 15) is 4.57 Å². The van der Waals surface area contributed by atoms with Gasteiger partial charge >= 0.3 is 0 Å². The number of hydrogen-bond donors (Lipinski definition) is 0. The van der Waals surface area contributed by atoms with E-state index < -0.39 is 0 Å². The predicted octanol–water partition coefficient (Wildman–Crippen LogP) is 2.59. The third kappa shape index (κ3) is 3.68. The second kappa shape index (κ2) is 4.01. The molecule has 0 aliphatic carbocycles. The van der Waals surface area contributed by atoms with Crippen molar-refractivity contribution in [3.63, 3.8) is 0 Å². The molecule has 0 amide bonds. The Morgan fingerprint density at radius 2 is 2.43 bits per heavy atom. The third-order valence-electron chi connectivity index (χ3n) is 0.668. The van der Waals surface area contributed by atoms with Gasteiger partial charge in [-0.05, 0) is 6.42 Å². The first-order valence-corrected chi connectivity index (χ1v) is 3.13. The molecule has 0 heterocycles. The molecule has 0 fully saturated rings. The minimum absolute atomic E-state index is 0.0994. The summed E-state index contributed by atoms with van der Waals surface area (Å²) >= 11 is 0. The molecule has 40 valence electrons. The molecule has 7 heavy (non-hydrogen) atoms. The van der Waals surface area contributed by atoms with E-state index in [1.165, 1.54) is 0 Å². The van der Waals surface area contributed by atoms with Gasteiger partial charge in [0.25, 0.3) is 0 Å². The zero-order valence-corrected chi connectivity index (χ0v) is 5.37. The van der Waals surface area contributed by atoms with Crippen LogP contribution in [0.5, 0.6) is 0 Å². The van der Waals surface area contributed by atoms with Gasteiger partial charge in [0, 0.05) is 5.31 Å². The summed E-state index contributed by atoms with van der Waals surface area (Å²) < 4.78 is 9.89. The van der Waals surface area contributed by atoms with E-state index in [4.69, 9.17) is 0 Å². The summed E-state index contributed by atoms with van der Waals surface area (Å²) in [4.78, 5) is 0. The van der Waals surface area contributed by atoms with Crippen molar-refractivity contribution < 1.29 is 4.57 Å². The van der Waals surface area contributed by atoms with Crippen molar-refractivity contribution in [1.82, 2.24) is 0 Å². The molecule has 1 nitrogen and oxygen atoms in total. The van der Waals surface area contributed by atoms with Crippen molar-refractivity contribution in [2.45, 2.75) is 19.8 Å². The minimum atomic E-state index is 0.0994. The van der Waals surface area contributed by atoms with E-state index in [2.05, 4.69) is 6.58 Å². The molecule has 0 saturated carbocycles. The standard InChI is InChI=1S/C5H9OP/c1-3-4-5(2)7-6/h2-4H2,1H3. The average molecular weight is 116 g/mol. The summed E-state index contributed by atoms with van der Waals surface area (Å²) in [5.74, 6) is 0. The quantitative estimate of drug-likeness (QED) is 0.518. The van der Waals surface area contributed by atoms with Crippen LogP contribution in [0.3, 0.4) is 0 Å². The molecule has 0 N–H and O–H groups in total. The molecule has 0 aliphatic heterocycles. The number of hydrogen-bond acceptors (Lipinski definition) is 1. The Morgan fingerprint density at radius 3 is 2.57 bits per heavy atom. The van der Waals surface area contributed by atoms with E-state index in [0.29, 0.717) is 0 Å². The topological polar surface area (TPSA) is 17.1 Å². The maximum absolute atomic E-state index is 9.89. The van der Waals surface area contributed by atoms with Gasteiger partial charge in [0.05, 0.1) is 0 Å². The lowest BCUT2D eigenvalue weighted by molar-refractivity contribution is 0.600. The molecule has 0 radical (unpaired) electrons. The number of rotatable bonds is 3. The van der Waals surface area contributed by atoms with Gasteiger partial charge < -0.3 is 0 Å². The van der Waals surface area contributed by atoms with Crippen LogP contribution in [0.2, 0.25) is 0 Å². The number of allylic oxidation sites excluding steroid dienone is 1. The van der Waals surface area contributed by atoms with E-state index >= 15 is 0 Å². The van der Waals surface area contributed by atoms with E-state index in [0.717, 1.165) is 18.2 Å². The van der Waals surface area contributed by atoms with Gasteiger partial charge in [0.2, 0.25) is 0 Å². The Hall–Kier alpha value is -0.160. The first kappa shape index (κ1) is 6.84. The Labute approximate surface area is 45.6 Å². The first-order chi connectivity index (χ1) is 3.31. The lowest BCUT2D eigenvalue weighted by atomic mass is 10.3. The van der Waals surface area contributed by atoms with Gasteiger partial charge in [-0.3, -0.25) is 4.57 Å². The van der Waals surface area contributed by atoms with E-state index in [-0.39, 0.29) is 8.46 Å². The molecule has 2 heteroatoms. The third-order valence-corrected chi connectivity index (χ3v) is 1.15. The normalized spacial score (nSPS) is 9.29. The second-order valence-electron chi connectivity index (χ2n) is 1.41. The molecule has 0 saturated heterocycles. The zero-order chi connectivity index (χ0) is 5.70. The molecule has 0 aromatic rings. The molecular weight excluding hydrogens is 107 g/mol. The van der Waals surface area contributed by atoms with Gasteiger partial charge in [-0.25, -0.2) is 0 Å². The Morgan fingerprint density at radius 1 is 1.86 bits per heavy atom. The fourth-order valence-corrected chi connectivity index (χ4v) is 0.649.